The maximum Gasteiger partial charge on any atom is 0.410 e. The summed E-state index contributed by atoms with van der Waals surface area (Å²) in [7, 11) is 0. The van der Waals surface area contributed by atoms with Crippen LogP contribution in [0.5, 0.6) is 0 Å². The lowest BCUT2D eigenvalue weighted by molar-refractivity contribution is -0.109. The van der Waals surface area contributed by atoms with Crippen molar-refractivity contribution in [1.29, 1.82) is 0 Å². The highest BCUT2D eigenvalue weighted by molar-refractivity contribution is 8.00. The molecule has 1 saturated heterocycles. The second-order valence-corrected chi connectivity index (χ2v) is 6.52. The van der Waals surface area contributed by atoms with E-state index in [0.717, 1.165) is 16.7 Å². The van der Waals surface area contributed by atoms with E-state index in [1.165, 1.54) is 0 Å². The lowest BCUT2D eigenvalue weighted by Crippen LogP contribution is -2.35. The normalized spacial score (nSPS) is 18.5. The van der Waals surface area contributed by atoms with Crippen LogP contribution in [-0.4, -0.2) is 35.8 Å². The van der Waals surface area contributed by atoms with Crippen LogP contribution in [0.1, 0.15) is 11.5 Å². The molecule has 2 unspecified atom stereocenters. The Morgan fingerprint density at radius 1 is 1.13 bits per heavy atom. The number of nitrogens with zero attached hydrogens (tertiary/aromatic N) is 1. The van der Waals surface area contributed by atoms with E-state index in [1.807, 2.05) is 60.7 Å². The Balaban J connectivity index is 1.73. The van der Waals surface area contributed by atoms with Crippen LogP contribution in [0, 0.1) is 0 Å². The van der Waals surface area contributed by atoms with Gasteiger partial charge >= 0.3 is 6.09 Å². The quantitative estimate of drug-likeness (QED) is 0.761. The molecule has 0 radical (unpaired) electrons. The molecule has 1 aliphatic rings. The number of carbonyl (C=O) groups is 2. The zero-order valence-corrected chi connectivity index (χ0v) is 13.3. The van der Waals surface area contributed by atoms with Gasteiger partial charge in [0.25, 0.3) is 0 Å². The van der Waals surface area contributed by atoms with Gasteiger partial charge in [0.1, 0.15) is 18.3 Å². The molecule has 23 heavy (non-hydrogen) atoms. The van der Waals surface area contributed by atoms with E-state index in [9.17, 15) is 9.59 Å². The van der Waals surface area contributed by atoms with E-state index in [0.29, 0.717) is 13.2 Å². The van der Waals surface area contributed by atoms with Crippen LogP contribution in [0.2, 0.25) is 0 Å². The van der Waals surface area contributed by atoms with Crippen LogP contribution >= 0.6 is 11.8 Å². The Hall–Kier alpha value is -2.27. The van der Waals surface area contributed by atoms with E-state index in [4.69, 9.17) is 4.74 Å². The van der Waals surface area contributed by atoms with Crippen LogP contribution < -0.4 is 0 Å². The Morgan fingerprint density at radius 3 is 2.43 bits per heavy atom. The number of hydrogen-bond acceptors (Lipinski definition) is 4. The third-order valence-electron chi connectivity index (χ3n) is 3.73. The lowest BCUT2D eigenvalue weighted by atomic mass is 10.0. The molecule has 0 saturated carbocycles. The average molecular weight is 327 g/mol. The molecule has 1 fully saturated rings. The highest BCUT2D eigenvalue weighted by Crippen LogP contribution is 2.31. The summed E-state index contributed by atoms with van der Waals surface area (Å²) in [6, 6.07) is 19.4. The van der Waals surface area contributed by atoms with Gasteiger partial charge in [0.05, 0.1) is 5.92 Å². The second-order valence-electron chi connectivity index (χ2n) is 5.27. The van der Waals surface area contributed by atoms with E-state index in [2.05, 4.69) is 0 Å². The van der Waals surface area contributed by atoms with Crippen LogP contribution in [0.25, 0.3) is 0 Å². The third-order valence-corrected chi connectivity index (χ3v) is 4.94. The standard InChI is InChI=1S/C18H17NO3S/c20-12-15(14-7-3-1-4-8-14)11-19-17(13-22-18(19)21)23-16-9-5-2-6-10-16/h1-10,12,15,17H,11,13H2. The first-order chi connectivity index (χ1) is 11.3. The Kier molecular flexibility index (Phi) is 4.98. The number of amides is 1. The predicted octanol–water partition coefficient (Wildman–Crippen LogP) is 3.54. The molecule has 1 heterocycles. The largest absolute Gasteiger partial charge is 0.446 e. The summed E-state index contributed by atoms with van der Waals surface area (Å²) in [5, 5.41) is -0.115. The van der Waals surface area contributed by atoms with Crippen molar-refractivity contribution in [2.75, 3.05) is 13.2 Å². The van der Waals surface area contributed by atoms with Crippen LogP contribution in [0.15, 0.2) is 65.6 Å². The van der Waals surface area contributed by atoms with Crippen molar-refractivity contribution in [1.82, 2.24) is 4.90 Å². The molecular weight excluding hydrogens is 310 g/mol. The van der Waals surface area contributed by atoms with E-state index in [1.54, 1.807) is 16.7 Å². The number of hydrogen-bond donors (Lipinski definition) is 0. The summed E-state index contributed by atoms with van der Waals surface area (Å²) in [4.78, 5) is 26.2. The fourth-order valence-electron chi connectivity index (χ4n) is 2.52. The van der Waals surface area contributed by atoms with Crippen molar-refractivity contribution in [3.63, 3.8) is 0 Å². The van der Waals surface area contributed by atoms with Crippen molar-refractivity contribution >= 4 is 24.1 Å². The Labute approximate surface area is 139 Å². The molecule has 118 valence electrons. The van der Waals surface area contributed by atoms with E-state index >= 15 is 0 Å². The predicted molar refractivity (Wildman–Crippen MR) is 89.4 cm³/mol. The minimum Gasteiger partial charge on any atom is -0.446 e. The molecule has 2 atom stereocenters. The summed E-state index contributed by atoms with van der Waals surface area (Å²) in [6.07, 6.45) is 0.534. The smallest absolute Gasteiger partial charge is 0.410 e. The number of ether oxygens (including phenoxy) is 1. The molecule has 1 aliphatic heterocycles. The third kappa shape index (κ3) is 3.74. The highest BCUT2D eigenvalue weighted by atomic mass is 32.2. The van der Waals surface area contributed by atoms with Crippen molar-refractivity contribution in [3.8, 4) is 0 Å². The number of benzene rings is 2. The number of rotatable bonds is 6. The summed E-state index contributed by atoms with van der Waals surface area (Å²) >= 11 is 1.57. The zero-order chi connectivity index (χ0) is 16.1. The maximum absolute atomic E-state index is 12.0. The molecular formula is C18H17NO3S. The van der Waals surface area contributed by atoms with Crippen LogP contribution in [0.3, 0.4) is 0 Å². The lowest BCUT2D eigenvalue weighted by Gasteiger charge is -2.24. The molecule has 0 N–H and O–H groups in total. The average Bonchev–Trinajstić information content (AvgIpc) is 2.94. The second kappa shape index (κ2) is 7.33. The van der Waals surface area contributed by atoms with Gasteiger partial charge < -0.3 is 9.53 Å². The van der Waals surface area contributed by atoms with Gasteiger partial charge in [-0.05, 0) is 17.7 Å². The fraction of sp³-hybridized carbons (Fsp3) is 0.222. The first-order valence-electron chi connectivity index (χ1n) is 7.43. The minimum atomic E-state index is -0.360. The molecule has 2 aromatic carbocycles. The summed E-state index contributed by atoms with van der Waals surface area (Å²) in [6.45, 7) is 0.662. The molecule has 0 aliphatic carbocycles. The van der Waals surface area contributed by atoms with Gasteiger partial charge in [-0.25, -0.2) is 4.79 Å². The monoisotopic (exact) mass is 327 g/mol. The van der Waals surface area contributed by atoms with Gasteiger partial charge in [0.15, 0.2) is 0 Å². The Morgan fingerprint density at radius 2 is 1.78 bits per heavy atom. The van der Waals surface area contributed by atoms with Gasteiger partial charge in [-0.2, -0.15) is 0 Å². The van der Waals surface area contributed by atoms with Gasteiger partial charge in [0.2, 0.25) is 0 Å². The molecule has 3 rings (SSSR count). The minimum absolute atomic E-state index is 0.115. The number of thioether (sulfide) groups is 1. The number of cyclic esters (lactones) is 1. The molecule has 0 bridgehead atoms. The van der Waals surface area contributed by atoms with Gasteiger partial charge in [0, 0.05) is 11.4 Å². The van der Waals surface area contributed by atoms with Crippen LogP contribution in [0.4, 0.5) is 4.79 Å². The van der Waals surface area contributed by atoms with Crippen molar-refractivity contribution in [3.05, 3.63) is 66.2 Å². The van der Waals surface area contributed by atoms with E-state index in [-0.39, 0.29) is 17.4 Å². The van der Waals surface area contributed by atoms with Crippen molar-refractivity contribution in [2.45, 2.75) is 16.2 Å². The first-order valence-corrected chi connectivity index (χ1v) is 8.31. The summed E-state index contributed by atoms with van der Waals surface area (Å²) < 4.78 is 5.18. The Bertz CT molecular complexity index is 662. The van der Waals surface area contributed by atoms with Crippen LogP contribution in [-0.2, 0) is 9.53 Å². The SMILES string of the molecule is O=CC(CN1C(=O)OCC1Sc1ccccc1)c1ccccc1. The summed E-state index contributed by atoms with van der Waals surface area (Å²) in [5.74, 6) is -0.347. The molecule has 1 amide bonds. The van der Waals surface area contributed by atoms with Crippen molar-refractivity contribution < 1.29 is 14.3 Å². The highest BCUT2D eigenvalue weighted by Gasteiger charge is 2.35. The molecule has 0 aromatic heterocycles. The molecule has 5 heteroatoms. The first kappa shape index (κ1) is 15.6. The van der Waals surface area contributed by atoms with E-state index < -0.39 is 0 Å². The van der Waals surface area contributed by atoms with Gasteiger partial charge in [-0.15, -0.1) is 0 Å². The zero-order valence-electron chi connectivity index (χ0n) is 12.5. The topological polar surface area (TPSA) is 46.6 Å². The van der Waals surface area contributed by atoms with Gasteiger partial charge in [-0.1, -0.05) is 60.3 Å². The molecule has 0 spiro atoms. The molecule has 4 nitrogen and oxygen atoms in total. The number of aldehydes is 1. The number of carbonyl (C=O) groups excluding carboxylic acids is 2. The van der Waals surface area contributed by atoms with Crippen molar-refractivity contribution in [2.24, 2.45) is 0 Å². The van der Waals surface area contributed by atoms with Gasteiger partial charge in [-0.3, -0.25) is 4.90 Å². The maximum atomic E-state index is 12.0. The molecule has 2 aromatic rings. The summed E-state index contributed by atoms with van der Waals surface area (Å²) in [5.41, 5.74) is 0.908. The fourth-order valence-corrected chi connectivity index (χ4v) is 3.58.